The van der Waals surface area contributed by atoms with Crippen LogP contribution in [-0.4, -0.2) is 52.1 Å². The van der Waals surface area contributed by atoms with Gasteiger partial charge >= 0.3 is 0 Å². The maximum atomic E-state index is 12.3. The molecule has 1 aliphatic heterocycles. The molecule has 0 radical (unpaired) electrons. The molecule has 0 aromatic carbocycles. The zero-order valence-corrected chi connectivity index (χ0v) is 12.2. The summed E-state index contributed by atoms with van der Waals surface area (Å²) in [7, 11) is 1.85. The molecular formula is C13H20N4OS. The minimum atomic E-state index is -0.0398. The van der Waals surface area contributed by atoms with Crippen molar-refractivity contribution in [1.82, 2.24) is 15.1 Å². The molecule has 1 aliphatic rings. The second-order valence-corrected chi connectivity index (χ2v) is 5.81. The lowest BCUT2D eigenvalue weighted by atomic mass is 10.2. The van der Waals surface area contributed by atoms with E-state index in [0.717, 1.165) is 36.7 Å². The van der Waals surface area contributed by atoms with Gasteiger partial charge in [0.15, 0.2) is 5.69 Å². The first kappa shape index (κ1) is 14.1. The number of amides is 1. The van der Waals surface area contributed by atoms with Crippen LogP contribution in [0.15, 0.2) is 12.1 Å². The number of rotatable bonds is 5. The monoisotopic (exact) mass is 280 g/mol. The molecule has 1 amide bonds. The van der Waals surface area contributed by atoms with Crippen LogP contribution in [0, 0.1) is 0 Å². The minimum Gasteiger partial charge on any atom is -0.369 e. The number of aromatic nitrogens is 2. The van der Waals surface area contributed by atoms with Crippen molar-refractivity contribution in [1.29, 1.82) is 0 Å². The van der Waals surface area contributed by atoms with E-state index in [-0.39, 0.29) is 5.91 Å². The zero-order valence-electron chi connectivity index (χ0n) is 11.4. The highest BCUT2D eigenvalue weighted by Crippen LogP contribution is 2.22. The third kappa shape index (κ3) is 3.59. The summed E-state index contributed by atoms with van der Waals surface area (Å²) in [5, 5.41) is 11.2. The molecule has 6 heteroatoms. The molecule has 1 saturated heterocycles. The van der Waals surface area contributed by atoms with Crippen molar-refractivity contribution in [2.45, 2.75) is 25.8 Å². The van der Waals surface area contributed by atoms with Crippen LogP contribution in [-0.2, 0) is 0 Å². The molecular weight excluding hydrogens is 260 g/mol. The number of thioether (sulfide) groups is 1. The quantitative estimate of drug-likeness (QED) is 0.892. The molecule has 2 heterocycles. The molecule has 0 saturated carbocycles. The van der Waals surface area contributed by atoms with Crippen molar-refractivity contribution in [2.24, 2.45) is 0 Å². The lowest BCUT2D eigenvalue weighted by molar-refractivity contribution is 0.0741. The van der Waals surface area contributed by atoms with Crippen LogP contribution < -0.4 is 5.32 Å². The molecule has 0 spiro atoms. The molecule has 2 rings (SSSR count). The Bertz CT molecular complexity index is 417. The van der Waals surface area contributed by atoms with E-state index < -0.39 is 0 Å². The third-order valence-electron chi connectivity index (χ3n) is 3.21. The summed E-state index contributed by atoms with van der Waals surface area (Å²) in [6.07, 6.45) is 2.10. The molecule has 1 atom stereocenters. The molecule has 104 valence electrons. The Morgan fingerprint density at radius 1 is 1.53 bits per heavy atom. The van der Waals surface area contributed by atoms with Crippen LogP contribution in [0.25, 0.3) is 0 Å². The summed E-state index contributed by atoms with van der Waals surface area (Å²) in [6, 6.07) is 3.89. The summed E-state index contributed by atoms with van der Waals surface area (Å²) < 4.78 is 0. The highest BCUT2D eigenvalue weighted by molar-refractivity contribution is 7.99. The first-order valence-corrected chi connectivity index (χ1v) is 7.80. The Hall–Kier alpha value is -1.30. The van der Waals surface area contributed by atoms with E-state index >= 15 is 0 Å². The number of anilines is 1. The second kappa shape index (κ2) is 6.75. The minimum absolute atomic E-state index is 0.0398. The van der Waals surface area contributed by atoms with Gasteiger partial charge in [0, 0.05) is 25.4 Å². The third-order valence-corrected chi connectivity index (χ3v) is 4.36. The number of nitrogens with one attached hydrogen (secondary N) is 1. The van der Waals surface area contributed by atoms with Crippen molar-refractivity contribution in [3.05, 3.63) is 17.8 Å². The normalized spacial score (nSPS) is 18.3. The van der Waals surface area contributed by atoms with Gasteiger partial charge in [-0.3, -0.25) is 4.79 Å². The summed E-state index contributed by atoms with van der Waals surface area (Å²) in [4.78, 5) is 14.0. The average molecular weight is 280 g/mol. The molecule has 1 fully saturated rings. The van der Waals surface area contributed by atoms with Crippen LogP contribution in [0.2, 0.25) is 0 Å². The van der Waals surface area contributed by atoms with Crippen molar-refractivity contribution in [3.63, 3.8) is 0 Å². The summed E-state index contributed by atoms with van der Waals surface area (Å²) in [5.74, 6) is 2.83. The highest BCUT2D eigenvalue weighted by atomic mass is 32.2. The van der Waals surface area contributed by atoms with Gasteiger partial charge in [-0.05, 0) is 30.7 Å². The van der Waals surface area contributed by atoms with E-state index in [1.54, 1.807) is 11.0 Å². The van der Waals surface area contributed by atoms with Gasteiger partial charge in [0.2, 0.25) is 0 Å². The maximum absolute atomic E-state index is 12.3. The Morgan fingerprint density at radius 3 is 2.95 bits per heavy atom. The van der Waals surface area contributed by atoms with Crippen LogP contribution in [0.5, 0.6) is 0 Å². The van der Waals surface area contributed by atoms with Crippen LogP contribution in [0.4, 0.5) is 5.82 Å². The topological polar surface area (TPSA) is 58.1 Å². The van der Waals surface area contributed by atoms with Crippen molar-refractivity contribution in [3.8, 4) is 0 Å². The standard InChI is InChI=1S/C13H20N4OS/c1-3-7-14-12-5-4-11(15-16-12)13(18)17(2)10-6-8-19-9-10/h4-5,10H,3,6-9H2,1-2H3,(H,14,16). The molecule has 1 aromatic heterocycles. The van der Waals surface area contributed by atoms with E-state index in [2.05, 4.69) is 22.4 Å². The largest absolute Gasteiger partial charge is 0.369 e. The Morgan fingerprint density at radius 2 is 2.37 bits per heavy atom. The fourth-order valence-corrected chi connectivity index (χ4v) is 3.24. The van der Waals surface area contributed by atoms with Crippen molar-refractivity contribution in [2.75, 3.05) is 30.4 Å². The first-order chi connectivity index (χ1) is 9.22. The average Bonchev–Trinajstić information content (AvgIpc) is 2.98. The zero-order chi connectivity index (χ0) is 13.7. The first-order valence-electron chi connectivity index (χ1n) is 6.65. The van der Waals surface area contributed by atoms with Gasteiger partial charge in [-0.1, -0.05) is 6.92 Å². The number of nitrogens with zero attached hydrogens (tertiary/aromatic N) is 3. The Balaban J connectivity index is 1.98. The smallest absolute Gasteiger partial charge is 0.274 e. The van der Waals surface area contributed by atoms with Crippen LogP contribution >= 0.6 is 11.8 Å². The van der Waals surface area contributed by atoms with Crippen molar-refractivity contribution < 1.29 is 4.79 Å². The van der Waals surface area contributed by atoms with E-state index in [9.17, 15) is 4.79 Å². The Kier molecular flexibility index (Phi) is 5.01. The molecule has 1 aromatic rings. The van der Waals surface area contributed by atoms with Gasteiger partial charge in [-0.2, -0.15) is 11.8 Å². The number of hydrogen-bond donors (Lipinski definition) is 1. The fourth-order valence-electron chi connectivity index (χ4n) is 1.97. The van der Waals surface area contributed by atoms with E-state index in [4.69, 9.17) is 0 Å². The second-order valence-electron chi connectivity index (χ2n) is 4.66. The number of carbonyl (C=O) groups excluding carboxylic acids is 1. The highest BCUT2D eigenvalue weighted by Gasteiger charge is 2.25. The summed E-state index contributed by atoms with van der Waals surface area (Å²) in [5.41, 5.74) is 0.418. The maximum Gasteiger partial charge on any atom is 0.274 e. The molecule has 1 N–H and O–H groups in total. The predicted molar refractivity (Wildman–Crippen MR) is 78.6 cm³/mol. The molecule has 19 heavy (non-hydrogen) atoms. The van der Waals surface area contributed by atoms with Crippen LogP contribution in [0.1, 0.15) is 30.3 Å². The molecule has 5 nitrogen and oxygen atoms in total. The van der Waals surface area contributed by atoms with E-state index in [0.29, 0.717) is 11.7 Å². The number of carbonyl (C=O) groups is 1. The predicted octanol–water partition coefficient (Wildman–Crippen LogP) is 1.88. The Labute approximate surface area is 118 Å². The number of hydrogen-bond acceptors (Lipinski definition) is 5. The van der Waals surface area contributed by atoms with Gasteiger partial charge in [0.1, 0.15) is 5.82 Å². The van der Waals surface area contributed by atoms with E-state index in [1.165, 1.54) is 0 Å². The van der Waals surface area contributed by atoms with E-state index in [1.807, 2.05) is 24.9 Å². The summed E-state index contributed by atoms with van der Waals surface area (Å²) >= 11 is 1.89. The lowest BCUT2D eigenvalue weighted by Gasteiger charge is -2.23. The van der Waals surface area contributed by atoms with Gasteiger partial charge < -0.3 is 10.2 Å². The fraction of sp³-hybridized carbons (Fsp3) is 0.615. The van der Waals surface area contributed by atoms with Gasteiger partial charge in [-0.25, -0.2) is 0 Å². The molecule has 1 unspecified atom stereocenters. The SMILES string of the molecule is CCCNc1ccc(C(=O)N(C)C2CCSC2)nn1. The van der Waals surface area contributed by atoms with Gasteiger partial charge in [0.05, 0.1) is 0 Å². The molecule has 0 bridgehead atoms. The van der Waals surface area contributed by atoms with Gasteiger partial charge in [-0.15, -0.1) is 10.2 Å². The molecule has 0 aliphatic carbocycles. The van der Waals surface area contributed by atoms with Gasteiger partial charge in [0.25, 0.3) is 5.91 Å². The van der Waals surface area contributed by atoms with Crippen LogP contribution in [0.3, 0.4) is 0 Å². The lowest BCUT2D eigenvalue weighted by Crippen LogP contribution is -2.37. The summed E-state index contributed by atoms with van der Waals surface area (Å²) in [6.45, 7) is 2.95. The van der Waals surface area contributed by atoms with Crippen molar-refractivity contribution >= 4 is 23.5 Å².